The molecule has 0 radical (unpaired) electrons. The molecule has 16 heteroatoms. The molecule has 224 valence electrons. The summed E-state index contributed by atoms with van der Waals surface area (Å²) in [6.45, 7) is 2.76. The molecule has 0 aliphatic carbocycles. The van der Waals surface area contributed by atoms with Crippen molar-refractivity contribution >= 4 is 18.2 Å². The van der Waals surface area contributed by atoms with Gasteiger partial charge in [0.25, 0.3) is 10.2 Å². The topological polar surface area (TPSA) is 205 Å². The molecule has 0 bridgehead atoms. The molecule has 16 nitrogen and oxygen atoms in total. The molecule has 40 heavy (non-hydrogen) atoms. The predicted molar refractivity (Wildman–Crippen MR) is 135 cm³/mol. The van der Waals surface area contributed by atoms with Gasteiger partial charge in [0.1, 0.15) is 18.8 Å². The number of nitrogens with one attached hydrogen (secondary N) is 1. The van der Waals surface area contributed by atoms with Crippen LogP contribution in [0.25, 0.3) is 0 Å². The molecule has 0 aromatic heterocycles. The number of hydrogen-bond acceptors (Lipinski definition) is 13. The summed E-state index contributed by atoms with van der Waals surface area (Å²) in [5.74, 6) is -0.877. The van der Waals surface area contributed by atoms with Crippen LogP contribution in [0.3, 0.4) is 0 Å². The van der Waals surface area contributed by atoms with Crippen LogP contribution in [0.5, 0.6) is 0 Å². The maximum Gasteiger partial charge on any atom is 0.511 e. The Balaban J connectivity index is 2.57. The Hall–Kier alpha value is -4.37. The first-order valence-corrected chi connectivity index (χ1v) is 12.7. The lowest BCUT2D eigenvalue weighted by Gasteiger charge is -2.20. The van der Waals surface area contributed by atoms with Gasteiger partial charge in [0.05, 0.1) is 13.2 Å². The van der Waals surface area contributed by atoms with Gasteiger partial charge in [-0.05, 0) is 31.2 Å². The lowest BCUT2D eigenvalue weighted by molar-refractivity contribution is -0.790. The number of benzene rings is 1. The Morgan fingerprint density at radius 3 is 2.25 bits per heavy atom. The van der Waals surface area contributed by atoms with E-state index in [1.165, 1.54) is 6.92 Å². The van der Waals surface area contributed by atoms with Crippen LogP contribution in [0, 0.1) is 20.2 Å². The second-order valence-corrected chi connectivity index (χ2v) is 8.42. The molecule has 0 fully saturated rings. The molecule has 0 spiro atoms. The molecule has 0 saturated heterocycles. The van der Waals surface area contributed by atoms with Crippen LogP contribution in [0.4, 0.5) is 9.59 Å². The number of amides is 1. The number of unbranched alkanes of at least 4 members (excludes halogenated alkanes) is 3. The van der Waals surface area contributed by atoms with Gasteiger partial charge >= 0.3 is 18.2 Å². The molecular weight excluding hydrogens is 538 g/mol. The van der Waals surface area contributed by atoms with Gasteiger partial charge in [0.15, 0.2) is 0 Å². The minimum absolute atomic E-state index is 0.0294. The first-order chi connectivity index (χ1) is 19.1. The summed E-state index contributed by atoms with van der Waals surface area (Å²) in [6, 6.07) is 7.59. The van der Waals surface area contributed by atoms with Crippen LogP contribution in [-0.2, 0) is 39.8 Å². The zero-order valence-corrected chi connectivity index (χ0v) is 22.4. The van der Waals surface area contributed by atoms with Crippen LogP contribution in [-0.4, -0.2) is 66.6 Å². The number of carbonyl (C=O) groups excluding carboxylic acids is 3. The van der Waals surface area contributed by atoms with E-state index in [1.54, 1.807) is 30.3 Å². The van der Waals surface area contributed by atoms with Crippen molar-refractivity contribution in [1.82, 2.24) is 5.32 Å². The normalized spacial score (nSPS) is 12.7. The monoisotopic (exact) mass is 573 g/mol. The first kappa shape index (κ1) is 33.7. The van der Waals surface area contributed by atoms with E-state index < -0.39 is 53.4 Å². The van der Waals surface area contributed by atoms with Gasteiger partial charge in [-0.2, -0.15) is 0 Å². The standard InChI is InChI=1S/C24H35N3O13/c1-3-4-9-15-36-24(30)39-18(2)38-22(28)21(16-19-11-6-5-7-12-19)25-23(29)35-14-10-8-13-20(40-27(33)34)17-37-26(31)32/h5-7,11-12,18,20-21H,3-4,8-10,13-17H2,1-2H3,(H,25,29). The van der Waals surface area contributed by atoms with Crippen LogP contribution in [0.2, 0.25) is 0 Å². The largest absolute Gasteiger partial charge is 0.511 e. The van der Waals surface area contributed by atoms with Crippen molar-refractivity contribution in [2.45, 2.75) is 77.2 Å². The van der Waals surface area contributed by atoms with Crippen molar-refractivity contribution in [2.75, 3.05) is 19.8 Å². The average molecular weight is 574 g/mol. The molecule has 3 unspecified atom stereocenters. The predicted octanol–water partition coefficient (Wildman–Crippen LogP) is 3.51. The smallest absolute Gasteiger partial charge is 0.450 e. The Bertz CT molecular complexity index is 932. The minimum atomic E-state index is -1.28. The zero-order chi connectivity index (χ0) is 29.8. The lowest BCUT2D eigenvalue weighted by Crippen LogP contribution is -2.45. The van der Waals surface area contributed by atoms with E-state index in [2.05, 4.69) is 15.0 Å². The number of ether oxygens (including phenoxy) is 4. The van der Waals surface area contributed by atoms with Gasteiger partial charge in [-0.15, -0.1) is 20.2 Å². The Morgan fingerprint density at radius 1 is 0.925 bits per heavy atom. The molecule has 0 aliphatic rings. The minimum Gasteiger partial charge on any atom is -0.450 e. The lowest BCUT2D eigenvalue weighted by atomic mass is 10.1. The summed E-state index contributed by atoms with van der Waals surface area (Å²) >= 11 is 0. The van der Waals surface area contributed by atoms with Gasteiger partial charge in [0.2, 0.25) is 6.29 Å². The molecule has 0 saturated carbocycles. The van der Waals surface area contributed by atoms with Gasteiger partial charge < -0.3 is 33.9 Å². The number of carbonyl (C=O) groups is 3. The van der Waals surface area contributed by atoms with E-state index in [0.717, 1.165) is 12.8 Å². The molecule has 1 rings (SSSR count). The fourth-order valence-corrected chi connectivity index (χ4v) is 3.24. The van der Waals surface area contributed by atoms with E-state index in [-0.39, 0.29) is 38.9 Å². The molecule has 1 N–H and O–H groups in total. The Morgan fingerprint density at radius 2 is 1.60 bits per heavy atom. The zero-order valence-electron chi connectivity index (χ0n) is 22.4. The van der Waals surface area contributed by atoms with Gasteiger partial charge in [0, 0.05) is 13.3 Å². The van der Waals surface area contributed by atoms with Gasteiger partial charge in [-0.3, -0.25) is 0 Å². The maximum absolute atomic E-state index is 12.8. The Labute approximate surface area is 230 Å². The van der Waals surface area contributed by atoms with E-state index >= 15 is 0 Å². The highest BCUT2D eigenvalue weighted by Crippen LogP contribution is 2.09. The number of hydrogen-bond donors (Lipinski definition) is 1. The Kier molecular flexibility index (Phi) is 16.5. The highest BCUT2D eigenvalue weighted by atomic mass is 17.0. The average Bonchev–Trinajstić information content (AvgIpc) is 2.89. The molecular formula is C24H35N3O13. The van der Waals surface area contributed by atoms with E-state index in [4.69, 9.17) is 18.9 Å². The van der Waals surface area contributed by atoms with E-state index in [0.29, 0.717) is 12.0 Å². The van der Waals surface area contributed by atoms with Crippen molar-refractivity contribution in [3.8, 4) is 0 Å². The van der Waals surface area contributed by atoms with Crippen molar-refractivity contribution < 1.29 is 53.2 Å². The van der Waals surface area contributed by atoms with Crippen molar-refractivity contribution in [3.05, 3.63) is 56.1 Å². The fourth-order valence-electron chi connectivity index (χ4n) is 3.24. The van der Waals surface area contributed by atoms with Crippen LogP contribution < -0.4 is 5.32 Å². The van der Waals surface area contributed by atoms with Crippen molar-refractivity contribution in [3.63, 3.8) is 0 Å². The molecule has 1 amide bonds. The number of alkyl carbamates (subject to hydrolysis) is 1. The van der Waals surface area contributed by atoms with Crippen molar-refractivity contribution in [1.29, 1.82) is 0 Å². The molecule has 1 aromatic rings. The highest BCUT2D eigenvalue weighted by Gasteiger charge is 2.26. The second kappa shape index (κ2) is 19.7. The third kappa shape index (κ3) is 16.5. The van der Waals surface area contributed by atoms with E-state index in [9.17, 15) is 34.6 Å². The summed E-state index contributed by atoms with van der Waals surface area (Å²) in [4.78, 5) is 66.1. The van der Waals surface area contributed by atoms with Crippen molar-refractivity contribution in [2.24, 2.45) is 0 Å². The van der Waals surface area contributed by atoms with E-state index in [1.807, 2.05) is 6.92 Å². The summed E-state index contributed by atoms with van der Waals surface area (Å²) in [6.07, 6.45) is -1.28. The first-order valence-electron chi connectivity index (χ1n) is 12.7. The number of esters is 1. The summed E-state index contributed by atoms with van der Waals surface area (Å²) < 4.78 is 20.1. The quantitative estimate of drug-likeness (QED) is 0.0592. The third-order valence-electron chi connectivity index (χ3n) is 5.13. The number of rotatable bonds is 20. The second-order valence-electron chi connectivity index (χ2n) is 8.42. The van der Waals surface area contributed by atoms with Crippen LogP contribution in [0.15, 0.2) is 30.3 Å². The van der Waals surface area contributed by atoms with Gasteiger partial charge in [-0.25, -0.2) is 14.4 Å². The van der Waals surface area contributed by atoms with Gasteiger partial charge in [-0.1, -0.05) is 50.1 Å². The molecule has 0 heterocycles. The maximum atomic E-state index is 12.8. The SMILES string of the molecule is CCCCCOC(=O)OC(C)OC(=O)C(Cc1ccccc1)NC(=O)OCCCCC(CO[N+](=O)[O-])O[N+](=O)[O-]. The highest BCUT2D eigenvalue weighted by molar-refractivity contribution is 5.81. The summed E-state index contributed by atoms with van der Waals surface area (Å²) in [5.41, 5.74) is 0.711. The number of nitrogens with zero attached hydrogens (tertiary/aromatic N) is 2. The summed E-state index contributed by atoms with van der Waals surface area (Å²) in [5, 5.41) is 21.1. The fraction of sp³-hybridized carbons (Fsp3) is 0.625. The van der Waals surface area contributed by atoms with Crippen LogP contribution >= 0.6 is 0 Å². The molecule has 1 aromatic carbocycles. The third-order valence-corrected chi connectivity index (χ3v) is 5.13. The molecule has 0 aliphatic heterocycles. The molecule has 3 atom stereocenters. The van der Waals surface area contributed by atoms with Crippen LogP contribution in [0.1, 0.15) is 57.9 Å². The summed E-state index contributed by atoms with van der Waals surface area (Å²) in [7, 11) is 0.